The molecule has 184 valence electrons. The van der Waals surface area contributed by atoms with Gasteiger partial charge in [0.15, 0.2) is 23.0 Å². The van der Waals surface area contributed by atoms with Crippen molar-refractivity contribution in [1.29, 1.82) is 0 Å². The molecular formula is C25H27N3O7. The third kappa shape index (κ3) is 4.65. The first kappa shape index (κ1) is 24.1. The molecule has 2 aliphatic heterocycles. The van der Waals surface area contributed by atoms with Crippen LogP contribution in [0.1, 0.15) is 49.4 Å². The van der Waals surface area contributed by atoms with Gasteiger partial charge in [-0.15, -0.1) is 0 Å². The molecule has 35 heavy (non-hydrogen) atoms. The van der Waals surface area contributed by atoms with Crippen molar-refractivity contribution in [2.75, 3.05) is 21.0 Å². The van der Waals surface area contributed by atoms with E-state index in [1.54, 1.807) is 51.1 Å². The molecule has 10 heteroatoms. The summed E-state index contributed by atoms with van der Waals surface area (Å²) in [5.41, 5.74) is 10.3. The van der Waals surface area contributed by atoms with Gasteiger partial charge < -0.3 is 29.2 Å². The van der Waals surface area contributed by atoms with Crippen molar-refractivity contribution in [2.45, 2.75) is 44.9 Å². The molecule has 0 aliphatic carbocycles. The van der Waals surface area contributed by atoms with E-state index in [9.17, 15) is 15.1 Å². The number of Topliss-reactive ketones (excluding diaryl/α,β-unsaturated/α-hetero) is 1. The van der Waals surface area contributed by atoms with Gasteiger partial charge in [-0.3, -0.25) is 9.69 Å². The first-order chi connectivity index (χ1) is 16.7. The average molecular weight is 482 g/mol. The summed E-state index contributed by atoms with van der Waals surface area (Å²) in [6.07, 6.45) is 0.239. The molecule has 2 atom stereocenters. The second-order valence-electron chi connectivity index (χ2n) is 9.20. The topological polar surface area (TPSA) is 120 Å². The van der Waals surface area contributed by atoms with Crippen LogP contribution in [0.4, 0.5) is 4.79 Å². The number of ketones is 1. The Morgan fingerprint density at radius 3 is 2.43 bits per heavy atom. The van der Waals surface area contributed by atoms with E-state index >= 15 is 0 Å². The molecule has 0 unspecified atom stereocenters. The van der Waals surface area contributed by atoms with E-state index in [0.717, 1.165) is 6.21 Å². The highest BCUT2D eigenvalue weighted by Crippen LogP contribution is 2.48. The van der Waals surface area contributed by atoms with E-state index in [2.05, 4.69) is 4.79 Å². The Balaban J connectivity index is 1.94. The molecule has 0 spiro atoms. The Kier molecular flexibility index (Phi) is 6.41. The molecule has 0 bridgehead atoms. The number of nitrogens with zero attached hydrogens (tertiary/aromatic N) is 3. The second-order valence-corrected chi connectivity index (χ2v) is 9.20. The zero-order valence-electron chi connectivity index (χ0n) is 20.2. The highest BCUT2D eigenvalue weighted by molar-refractivity contribution is 6.28. The van der Waals surface area contributed by atoms with Crippen molar-refractivity contribution >= 4 is 18.1 Å². The summed E-state index contributed by atoms with van der Waals surface area (Å²) in [6.45, 7) is 5.54. The average Bonchev–Trinajstić information content (AvgIpc) is 3.28. The summed E-state index contributed by atoms with van der Waals surface area (Å²) >= 11 is 0. The fourth-order valence-corrected chi connectivity index (χ4v) is 4.41. The molecule has 4 rings (SSSR count). The van der Waals surface area contributed by atoms with Crippen molar-refractivity contribution in [3.63, 3.8) is 0 Å². The summed E-state index contributed by atoms with van der Waals surface area (Å²) in [5, 5.41) is 0. The lowest BCUT2D eigenvalue weighted by Gasteiger charge is -2.41. The van der Waals surface area contributed by atoms with Crippen LogP contribution in [0.15, 0.2) is 30.3 Å². The highest BCUT2D eigenvalue weighted by atomic mass is 16.7. The van der Waals surface area contributed by atoms with Crippen LogP contribution in [0, 0.1) is 0 Å². The van der Waals surface area contributed by atoms with Gasteiger partial charge in [0, 0.05) is 0 Å². The number of fused-ring (bicyclic) bond motifs is 2. The number of methoxy groups -OCH3 is 2. The van der Waals surface area contributed by atoms with Gasteiger partial charge in [-0.25, -0.2) is 4.79 Å². The van der Waals surface area contributed by atoms with Crippen molar-refractivity contribution in [2.24, 2.45) is 0 Å². The van der Waals surface area contributed by atoms with E-state index < -0.39 is 29.4 Å². The molecule has 0 N–H and O–H groups in total. The third-order valence-corrected chi connectivity index (χ3v) is 5.83. The van der Waals surface area contributed by atoms with Crippen molar-refractivity contribution in [1.82, 2.24) is 4.90 Å². The molecule has 2 aromatic rings. The molecule has 0 saturated carbocycles. The number of ether oxygens (including phenoxy) is 5. The van der Waals surface area contributed by atoms with Gasteiger partial charge in [-0.05, 0) is 61.7 Å². The lowest BCUT2D eigenvalue weighted by atomic mass is 9.77. The van der Waals surface area contributed by atoms with Crippen LogP contribution in [0.5, 0.6) is 23.0 Å². The Hall–Kier alpha value is -4.04. The Morgan fingerprint density at radius 1 is 1.09 bits per heavy atom. The summed E-state index contributed by atoms with van der Waals surface area (Å²) in [6, 6.07) is 7.91. The number of hydrogen-bond acceptors (Lipinski definition) is 7. The highest BCUT2D eigenvalue weighted by Gasteiger charge is 2.45. The first-order valence-electron chi connectivity index (χ1n) is 11.0. The fraction of sp³-hybridized carbons (Fsp3) is 0.400. The van der Waals surface area contributed by atoms with Crippen LogP contribution in [-0.4, -0.2) is 54.4 Å². The van der Waals surface area contributed by atoms with E-state index in [1.165, 1.54) is 19.1 Å². The molecule has 10 nitrogen and oxygen atoms in total. The minimum absolute atomic E-state index is 0.0819. The zero-order valence-corrected chi connectivity index (χ0v) is 20.2. The smallest absolute Gasteiger partial charge is 0.411 e. The number of carbonyl (C=O) groups is 2. The second kappa shape index (κ2) is 9.31. The first-order valence-corrected chi connectivity index (χ1v) is 11.0. The van der Waals surface area contributed by atoms with Gasteiger partial charge in [0.25, 0.3) is 0 Å². The third-order valence-electron chi connectivity index (χ3n) is 5.83. The van der Waals surface area contributed by atoms with Gasteiger partial charge in [0.05, 0.1) is 32.7 Å². The molecule has 0 radical (unpaired) electrons. The van der Waals surface area contributed by atoms with E-state index in [0.29, 0.717) is 39.7 Å². The summed E-state index contributed by atoms with van der Waals surface area (Å²) in [5.74, 6) is 0.532. The van der Waals surface area contributed by atoms with Crippen molar-refractivity contribution in [3.8, 4) is 23.0 Å². The maximum Gasteiger partial charge on any atom is 0.411 e. The van der Waals surface area contributed by atoms with E-state index in [1.807, 2.05) is 0 Å². The Bertz CT molecular complexity index is 1210. The lowest BCUT2D eigenvalue weighted by Crippen LogP contribution is -2.45. The fourth-order valence-electron chi connectivity index (χ4n) is 4.41. The van der Waals surface area contributed by atoms with E-state index in [4.69, 9.17) is 23.7 Å². The Morgan fingerprint density at radius 2 is 1.77 bits per heavy atom. The standard InChI is InChI=1S/C25H27N3O7/c1-25(2,3)35-24(30)28-12-15-9-19(31-4)20(32-5)10-16(15)22(17(29)11-27-26)23(28)14-6-7-18-21(8-14)34-13-33-18/h6-11,22-23H,12-13H2,1-5H3/t22-,23-/m0/s1. The predicted molar refractivity (Wildman–Crippen MR) is 124 cm³/mol. The maximum absolute atomic E-state index is 13.4. The summed E-state index contributed by atoms with van der Waals surface area (Å²) < 4.78 is 27.6. The molecule has 0 aromatic heterocycles. The van der Waals surface area contributed by atoms with Crippen molar-refractivity contribution in [3.05, 3.63) is 52.6 Å². The van der Waals surface area contributed by atoms with Crippen LogP contribution in [0.25, 0.3) is 5.53 Å². The predicted octanol–water partition coefficient (Wildman–Crippen LogP) is 3.88. The van der Waals surface area contributed by atoms with Gasteiger partial charge >= 0.3 is 12.3 Å². The van der Waals surface area contributed by atoms with Crippen molar-refractivity contribution < 1.29 is 38.1 Å². The number of rotatable bonds is 5. The molecule has 1 amide bonds. The van der Waals surface area contributed by atoms with Crippen LogP contribution < -0.4 is 18.9 Å². The molecule has 2 aromatic carbocycles. The van der Waals surface area contributed by atoms with Crippen LogP contribution in [-0.2, 0) is 16.1 Å². The minimum Gasteiger partial charge on any atom is -0.493 e. The quantitative estimate of drug-likeness (QED) is 0.361. The molecule has 0 fully saturated rings. The summed E-state index contributed by atoms with van der Waals surface area (Å²) in [7, 11) is 3.01. The largest absolute Gasteiger partial charge is 0.493 e. The van der Waals surface area contributed by atoms with E-state index in [-0.39, 0.29) is 13.3 Å². The van der Waals surface area contributed by atoms with Gasteiger partial charge in [-0.2, -0.15) is 4.79 Å². The monoisotopic (exact) mass is 481 g/mol. The molecule has 2 heterocycles. The lowest BCUT2D eigenvalue weighted by molar-refractivity contribution is -0.119. The molecular weight excluding hydrogens is 454 g/mol. The van der Waals surface area contributed by atoms with Crippen LogP contribution in [0.2, 0.25) is 0 Å². The van der Waals surface area contributed by atoms with Gasteiger partial charge in [0.1, 0.15) is 5.60 Å². The molecule has 2 aliphatic rings. The van der Waals surface area contributed by atoms with Gasteiger partial charge in [0.2, 0.25) is 12.6 Å². The van der Waals surface area contributed by atoms with Gasteiger partial charge in [-0.1, -0.05) is 6.07 Å². The summed E-state index contributed by atoms with van der Waals surface area (Å²) in [4.78, 5) is 31.3. The minimum atomic E-state index is -0.928. The number of carbonyl (C=O) groups excluding carboxylic acids is 2. The number of amides is 1. The number of benzene rings is 2. The Labute approximate surface area is 202 Å². The van der Waals surface area contributed by atoms with Crippen LogP contribution in [0.3, 0.4) is 0 Å². The normalized spacial score (nSPS) is 18.3. The molecule has 0 saturated heterocycles. The maximum atomic E-state index is 13.4. The SMILES string of the molecule is COc1cc2c(cc1OC)[C@@H](C(=O)C=[N+]=[N-])[C@H](c1ccc3c(c1)OCO3)N(C(=O)OC(C)(C)C)C2. The van der Waals surface area contributed by atoms with Crippen LogP contribution >= 0.6 is 0 Å². The zero-order chi connectivity index (χ0) is 25.3. The number of hydrogen-bond donors (Lipinski definition) is 0.